The van der Waals surface area contributed by atoms with Crippen LogP contribution < -0.4 is 10.2 Å². The first-order chi connectivity index (χ1) is 34.5. The van der Waals surface area contributed by atoms with Crippen molar-refractivity contribution in [2.45, 2.75) is 276 Å². The number of hydrogen-bond donors (Lipinski definition) is 2. The van der Waals surface area contributed by atoms with E-state index in [1.54, 1.807) is 6.08 Å². The molecule has 0 aliphatic carbocycles. The molecule has 0 rings (SSSR count). The highest BCUT2D eigenvalue weighted by molar-refractivity contribution is 7.45. The summed E-state index contributed by atoms with van der Waals surface area (Å²) in [7, 11) is 1.26. The van der Waals surface area contributed by atoms with Gasteiger partial charge >= 0.3 is 0 Å². The first kappa shape index (κ1) is 68.9. The Hall–Kier alpha value is -2.06. The van der Waals surface area contributed by atoms with Gasteiger partial charge in [0.05, 0.1) is 39.9 Å². The molecule has 0 radical (unpaired) electrons. The second-order valence-corrected chi connectivity index (χ2v) is 22.7. The third-order valence-corrected chi connectivity index (χ3v) is 14.1. The number of carbonyl (C=O) groups is 1. The molecule has 0 spiro atoms. The van der Waals surface area contributed by atoms with E-state index in [9.17, 15) is 19.4 Å². The Morgan fingerprint density at radius 3 is 1.25 bits per heavy atom. The fourth-order valence-corrected chi connectivity index (χ4v) is 9.26. The number of carbonyl (C=O) groups excluding carboxylic acids is 1. The van der Waals surface area contributed by atoms with Crippen LogP contribution in [-0.2, 0) is 18.4 Å². The van der Waals surface area contributed by atoms with Crippen molar-refractivity contribution in [3.8, 4) is 0 Å². The zero-order valence-electron chi connectivity index (χ0n) is 47.2. The molecule has 9 heteroatoms. The number of amides is 1. The van der Waals surface area contributed by atoms with Gasteiger partial charge in [0.2, 0.25) is 5.91 Å². The number of phosphoric ester groups is 1. The number of hydrogen-bond acceptors (Lipinski definition) is 6. The number of unbranched alkanes of at least 4 members (excludes halogenated alkanes) is 31. The Kier molecular flexibility index (Phi) is 51.3. The van der Waals surface area contributed by atoms with Crippen molar-refractivity contribution in [2.75, 3.05) is 40.9 Å². The first-order valence-electron chi connectivity index (χ1n) is 29.8. The molecule has 1 amide bonds. The highest BCUT2D eigenvalue weighted by Crippen LogP contribution is 2.38. The second kappa shape index (κ2) is 52.8. The summed E-state index contributed by atoms with van der Waals surface area (Å²) in [5.41, 5.74) is 0. The highest BCUT2D eigenvalue weighted by Gasteiger charge is 2.23. The van der Waals surface area contributed by atoms with E-state index >= 15 is 0 Å². The fraction of sp³-hybridized carbons (Fsp3) is 0.790. The van der Waals surface area contributed by atoms with Crippen LogP contribution in [0, 0.1) is 0 Å². The number of nitrogens with one attached hydrogen (secondary N) is 1. The molecule has 0 aliphatic rings. The number of likely N-dealkylation sites (N-methyl/N-ethyl adjacent to an activating group) is 1. The number of aliphatic hydroxyl groups is 1. The molecule has 0 heterocycles. The van der Waals surface area contributed by atoms with Gasteiger partial charge in [-0.1, -0.05) is 267 Å². The highest BCUT2D eigenvalue weighted by atomic mass is 31.2. The molecule has 0 bridgehead atoms. The van der Waals surface area contributed by atoms with Gasteiger partial charge in [0, 0.05) is 6.42 Å². The molecule has 3 unspecified atom stereocenters. The van der Waals surface area contributed by atoms with Crippen LogP contribution in [0.15, 0.2) is 72.9 Å². The summed E-state index contributed by atoms with van der Waals surface area (Å²) in [4.78, 5) is 25.4. The van der Waals surface area contributed by atoms with E-state index in [1.165, 1.54) is 173 Å². The smallest absolute Gasteiger partial charge is 0.268 e. The summed E-state index contributed by atoms with van der Waals surface area (Å²) >= 11 is 0. The Labute approximate surface area is 440 Å². The summed E-state index contributed by atoms with van der Waals surface area (Å²) < 4.78 is 23.2. The molecule has 414 valence electrons. The van der Waals surface area contributed by atoms with Crippen molar-refractivity contribution >= 4 is 13.7 Å². The summed E-state index contributed by atoms with van der Waals surface area (Å²) in [5, 5.41) is 13.8. The van der Waals surface area contributed by atoms with Crippen LogP contribution in [0.5, 0.6) is 0 Å². The molecule has 3 atom stereocenters. The second-order valence-electron chi connectivity index (χ2n) is 21.3. The molecule has 0 aromatic heterocycles. The quantitative estimate of drug-likeness (QED) is 0.0272. The monoisotopic (exact) mass is 1010 g/mol. The minimum absolute atomic E-state index is 0.00102. The van der Waals surface area contributed by atoms with E-state index in [2.05, 4.69) is 79.9 Å². The minimum Gasteiger partial charge on any atom is -0.756 e. The molecule has 0 saturated carbocycles. The van der Waals surface area contributed by atoms with E-state index in [1.807, 2.05) is 27.2 Å². The SMILES string of the molecule is CC/C=C\C/C=C\C/C=C\C/C=C\C/C=C\CCCCCCCCCCCCCCCCCCCCCCCCCC(=O)NC(COP(=O)([O-])OCC[N+](C)(C)C)C(O)/C=C/CCCCCCCCCC. The van der Waals surface area contributed by atoms with Crippen molar-refractivity contribution in [1.82, 2.24) is 5.32 Å². The van der Waals surface area contributed by atoms with Gasteiger partial charge in [-0.2, -0.15) is 0 Å². The lowest BCUT2D eigenvalue weighted by molar-refractivity contribution is -0.870. The Morgan fingerprint density at radius 2 is 0.859 bits per heavy atom. The fourth-order valence-electron chi connectivity index (χ4n) is 8.53. The average Bonchev–Trinajstić information content (AvgIpc) is 3.33. The lowest BCUT2D eigenvalue weighted by atomic mass is 10.0. The number of phosphoric acid groups is 1. The van der Waals surface area contributed by atoms with Crippen molar-refractivity contribution in [2.24, 2.45) is 0 Å². The van der Waals surface area contributed by atoms with Gasteiger partial charge in [0.15, 0.2) is 0 Å². The molecule has 2 N–H and O–H groups in total. The van der Waals surface area contributed by atoms with Gasteiger partial charge in [-0.15, -0.1) is 0 Å². The zero-order chi connectivity index (χ0) is 52.0. The predicted molar refractivity (Wildman–Crippen MR) is 307 cm³/mol. The van der Waals surface area contributed by atoms with Crippen LogP contribution in [0.4, 0.5) is 0 Å². The topological polar surface area (TPSA) is 108 Å². The Morgan fingerprint density at radius 1 is 0.507 bits per heavy atom. The molecule has 0 aromatic carbocycles. The minimum atomic E-state index is -4.59. The summed E-state index contributed by atoms with van der Waals surface area (Å²) in [6.45, 7) is 4.52. The maximum Gasteiger partial charge on any atom is 0.268 e. The summed E-state index contributed by atoms with van der Waals surface area (Å²) in [6, 6.07) is -0.884. The Balaban J connectivity index is 3.85. The molecule has 8 nitrogen and oxygen atoms in total. The normalized spacial score (nSPS) is 14.4. The van der Waals surface area contributed by atoms with Crippen LogP contribution in [-0.4, -0.2) is 68.5 Å². The van der Waals surface area contributed by atoms with Crippen molar-refractivity contribution in [3.05, 3.63) is 72.9 Å². The standard InChI is InChI=1S/C62H115N2O6P/c1-6-8-10-12-14-16-18-19-20-21-22-23-24-25-26-27-28-29-30-31-32-33-34-35-36-37-38-39-40-41-42-43-44-45-46-48-50-52-54-56-62(66)63-60(59-70-71(67,68)69-58-57-64(3,4)5)61(65)55-53-51-49-47-17-15-13-11-9-7-2/h8,10,14,16,19-20,22-23,25-26,53,55,60-61,65H,6-7,9,11-13,15,17-18,21,24,27-52,54,56-59H2,1-5H3,(H-,63,66,67,68)/b10-8-,16-14-,20-19-,23-22-,26-25-,55-53+. The maximum atomic E-state index is 12.9. The molecule has 0 aliphatic heterocycles. The largest absolute Gasteiger partial charge is 0.756 e. The van der Waals surface area contributed by atoms with Gasteiger partial charge in [-0.25, -0.2) is 0 Å². The van der Waals surface area contributed by atoms with Crippen LogP contribution in [0.3, 0.4) is 0 Å². The third kappa shape index (κ3) is 55.5. The van der Waals surface area contributed by atoms with Crippen LogP contribution in [0.2, 0.25) is 0 Å². The number of rotatable bonds is 54. The van der Waals surface area contributed by atoms with Gasteiger partial charge in [-0.3, -0.25) is 9.36 Å². The van der Waals surface area contributed by atoms with Gasteiger partial charge in [0.25, 0.3) is 7.82 Å². The first-order valence-corrected chi connectivity index (χ1v) is 31.3. The van der Waals surface area contributed by atoms with Gasteiger partial charge in [-0.05, 0) is 64.2 Å². The molecule has 0 saturated heterocycles. The maximum absolute atomic E-state index is 12.9. The summed E-state index contributed by atoms with van der Waals surface area (Å²) in [6.07, 6.45) is 73.0. The lowest BCUT2D eigenvalue weighted by Crippen LogP contribution is -2.45. The van der Waals surface area contributed by atoms with E-state index in [-0.39, 0.29) is 19.1 Å². The molecule has 71 heavy (non-hydrogen) atoms. The van der Waals surface area contributed by atoms with Gasteiger partial charge < -0.3 is 28.8 Å². The van der Waals surface area contributed by atoms with Crippen molar-refractivity contribution in [1.29, 1.82) is 0 Å². The lowest BCUT2D eigenvalue weighted by Gasteiger charge is -2.29. The van der Waals surface area contributed by atoms with Crippen LogP contribution in [0.1, 0.15) is 264 Å². The van der Waals surface area contributed by atoms with Crippen LogP contribution >= 0.6 is 7.82 Å². The van der Waals surface area contributed by atoms with E-state index in [0.29, 0.717) is 17.4 Å². The van der Waals surface area contributed by atoms with Crippen molar-refractivity contribution < 1.29 is 32.9 Å². The predicted octanol–water partition coefficient (Wildman–Crippen LogP) is 17.6. The molecule has 0 aromatic rings. The number of nitrogens with zero attached hydrogens (tertiary/aromatic N) is 1. The van der Waals surface area contributed by atoms with E-state index in [4.69, 9.17) is 9.05 Å². The number of aliphatic hydroxyl groups excluding tert-OH is 1. The number of allylic oxidation sites excluding steroid dienone is 11. The van der Waals surface area contributed by atoms with Gasteiger partial charge in [0.1, 0.15) is 13.2 Å². The zero-order valence-corrected chi connectivity index (χ0v) is 48.1. The van der Waals surface area contributed by atoms with E-state index < -0.39 is 20.0 Å². The van der Waals surface area contributed by atoms with Crippen molar-refractivity contribution in [3.63, 3.8) is 0 Å². The van der Waals surface area contributed by atoms with E-state index in [0.717, 1.165) is 70.6 Å². The Bertz CT molecular complexity index is 1380. The average molecular weight is 1020 g/mol. The van der Waals surface area contributed by atoms with Crippen LogP contribution in [0.25, 0.3) is 0 Å². The number of quaternary nitrogens is 1. The summed E-state index contributed by atoms with van der Waals surface area (Å²) in [5.74, 6) is -0.197. The molecule has 0 fully saturated rings. The molecular formula is C62H115N2O6P. The molecular weight excluding hydrogens is 900 g/mol. The third-order valence-electron chi connectivity index (χ3n) is 13.2.